The Hall–Kier alpha value is -4.65. The molecule has 0 N–H and O–H groups in total. The number of ether oxygens (including phenoxy) is 2. The third kappa shape index (κ3) is 5.22. The number of hydrogen-bond donors (Lipinski definition) is 0. The van der Waals surface area contributed by atoms with E-state index in [-0.39, 0.29) is 17.5 Å². The molecule has 0 spiro atoms. The fourth-order valence-corrected chi connectivity index (χ4v) is 6.42. The highest BCUT2D eigenvalue weighted by atomic mass is 19.4. The van der Waals surface area contributed by atoms with Crippen LogP contribution in [-0.2, 0) is 17.0 Å². The summed E-state index contributed by atoms with van der Waals surface area (Å²) in [5.41, 5.74) is 6.90. The molecule has 2 aliphatic heterocycles. The van der Waals surface area contributed by atoms with Crippen molar-refractivity contribution in [2.45, 2.75) is 58.5 Å². The average molecular weight is 618 g/mol. The Balaban J connectivity index is 1.51. The topological polar surface area (TPSA) is 21.7 Å². The molecule has 232 valence electrons. The summed E-state index contributed by atoms with van der Waals surface area (Å²) < 4.78 is 53.9. The van der Waals surface area contributed by atoms with Gasteiger partial charge in [0.2, 0.25) is 0 Å². The van der Waals surface area contributed by atoms with Gasteiger partial charge in [-0.3, -0.25) is 0 Å². The number of para-hydroxylation sites is 1. The Morgan fingerprint density at radius 2 is 1.20 bits per heavy atom. The highest BCUT2D eigenvalue weighted by molar-refractivity contribution is 6.99. The van der Waals surface area contributed by atoms with Crippen LogP contribution in [0, 0.1) is 0 Å². The number of rotatable bonds is 3. The van der Waals surface area contributed by atoms with Gasteiger partial charge in [-0.05, 0) is 86.9 Å². The number of halogens is 3. The predicted molar refractivity (Wildman–Crippen MR) is 181 cm³/mol. The third-order valence-electron chi connectivity index (χ3n) is 8.91. The Labute approximate surface area is 268 Å². The lowest BCUT2D eigenvalue weighted by atomic mass is 9.34. The summed E-state index contributed by atoms with van der Waals surface area (Å²) in [6, 6.07) is 31.7. The molecular weight excluding hydrogens is 582 g/mol. The summed E-state index contributed by atoms with van der Waals surface area (Å²) in [6.07, 6.45) is -4.43. The smallest absolute Gasteiger partial charge is 0.416 e. The van der Waals surface area contributed by atoms with Gasteiger partial charge in [0.1, 0.15) is 23.0 Å². The number of benzene rings is 5. The maximum atomic E-state index is 13.6. The summed E-state index contributed by atoms with van der Waals surface area (Å²) in [6.45, 7) is 13.0. The molecule has 0 fully saturated rings. The molecule has 0 saturated heterocycles. The Bertz CT molecular complexity index is 1960. The van der Waals surface area contributed by atoms with Gasteiger partial charge >= 0.3 is 6.18 Å². The fourth-order valence-electron chi connectivity index (χ4n) is 6.42. The SMILES string of the molecule is CC(C)(C)c1ccc2c(c1)B1c3cc(C(C)(C)C)ccc3N(c3ccc(C(F)(F)F)cc3)c3cc(Oc4ccccc4)cc(c31)O2. The second-order valence-corrected chi connectivity index (χ2v) is 14.2. The van der Waals surface area contributed by atoms with Crippen LogP contribution in [0.5, 0.6) is 23.0 Å². The largest absolute Gasteiger partial charge is 0.458 e. The molecule has 5 aromatic carbocycles. The van der Waals surface area contributed by atoms with Crippen LogP contribution in [0.1, 0.15) is 58.2 Å². The van der Waals surface area contributed by atoms with Crippen molar-refractivity contribution < 1.29 is 22.6 Å². The van der Waals surface area contributed by atoms with Gasteiger partial charge in [-0.1, -0.05) is 84.0 Å². The molecule has 0 bridgehead atoms. The van der Waals surface area contributed by atoms with Crippen molar-refractivity contribution in [3.8, 4) is 23.0 Å². The Morgan fingerprint density at radius 3 is 1.83 bits per heavy atom. The van der Waals surface area contributed by atoms with Crippen molar-refractivity contribution in [2.75, 3.05) is 4.90 Å². The van der Waals surface area contributed by atoms with Crippen LogP contribution in [0.15, 0.2) is 103 Å². The zero-order chi connectivity index (χ0) is 32.6. The van der Waals surface area contributed by atoms with E-state index in [1.165, 1.54) is 23.3 Å². The lowest BCUT2D eigenvalue weighted by Gasteiger charge is -2.41. The summed E-state index contributed by atoms with van der Waals surface area (Å²) in [7, 11) is 0. The average Bonchev–Trinajstić information content (AvgIpc) is 2.99. The van der Waals surface area contributed by atoms with E-state index in [2.05, 4.69) is 77.9 Å². The van der Waals surface area contributed by atoms with E-state index in [0.29, 0.717) is 22.9 Å². The minimum Gasteiger partial charge on any atom is -0.458 e. The first kappa shape index (κ1) is 30.0. The van der Waals surface area contributed by atoms with E-state index in [1.54, 1.807) is 0 Å². The summed E-state index contributed by atoms with van der Waals surface area (Å²) >= 11 is 0. The first-order valence-corrected chi connectivity index (χ1v) is 15.5. The van der Waals surface area contributed by atoms with Gasteiger partial charge in [0.05, 0.1) is 5.56 Å². The molecule has 0 saturated carbocycles. The second kappa shape index (κ2) is 10.4. The molecule has 3 nitrogen and oxygen atoms in total. The Kier molecular flexibility index (Phi) is 6.82. The molecule has 0 radical (unpaired) electrons. The lowest BCUT2D eigenvalue weighted by molar-refractivity contribution is -0.137. The predicted octanol–water partition coefficient (Wildman–Crippen LogP) is 9.50. The van der Waals surface area contributed by atoms with Crippen LogP contribution in [-0.4, -0.2) is 6.71 Å². The van der Waals surface area contributed by atoms with E-state index in [4.69, 9.17) is 9.47 Å². The van der Waals surface area contributed by atoms with Crippen molar-refractivity contribution >= 4 is 40.2 Å². The molecule has 2 aliphatic rings. The molecule has 0 aromatic heterocycles. The fraction of sp³-hybridized carbons (Fsp3) is 0.231. The number of fused-ring (bicyclic) bond motifs is 4. The van der Waals surface area contributed by atoms with Gasteiger partial charge in [0.15, 0.2) is 0 Å². The van der Waals surface area contributed by atoms with E-state index in [9.17, 15) is 13.2 Å². The third-order valence-corrected chi connectivity index (χ3v) is 8.91. The molecule has 46 heavy (non-hydrogen) atoms. The van der Waals surface area contributed by atoms with Gasteiger partial charge in [-0.15, -0.1) is 0 Å². The van der Waals surface area contributed by atoms with Crippen LogP contribution >= 0.6 is 0 Å². The minimum absolute atomic E-state index is 0.0808. The summed E-state index contributed by atoms with van der Waals surface area (Å²) in [5, 5.41) is 0. The molecule has 0 amide bonds. The van der Waals surface area contributed by atoms with Crippen molar-refractivity contribution in [1.82, 2.24) is 0 Å². The summed E-state index contributed by atoms with van der Waals surface area (Å²) in [5.74, 6) is 2.68. The second-order valence-electron chi connectivity index (χ2n) is 14.2. The number of hydrogen-bond acceptors (Lipinski definition) is 3. The lowest BCUT2D eigenvalue weighted by Crippen LogP contribution is -2.59. The molecule has 7 heteroatoms. The molecule has 5 aromatic rings. The molecular formula is C39H35BF3NO2. The van der Waals surface area contributed by atoms with E-state index in [0.717, 1.165) is 45.6 Å². The molecule has 7 rings (SSSR count). The van der Waals surface area contributed by atoms with Gasteiger partial charge in [-0.25, -0.2) is 0 Å². The maximum absolute atomic E-state index is 13.6. The van der Waals surface area contributed by atoms with Gasteiger partial charge in [0.25, 0.3) is 6.71 Å². The molecule has 0 aliphatic carbocycles. The van der Waals surface area contributed by atoms with Gasteiger partial charge in [0, 0.05) is 29.2 Å². The van der Waals surface area contributed by atoms with Crippen molar-refractivity contribution in [1.29, 1.82) is 0 Å². The van der Waals surface area contributed by atoms with Gasteiger partial charge < -0.3 is 14.4 Å². The first-order valence-electron chi connectivity index (χ1n) is 15.5. The van der Waals surface area contributed by atoms with Gasteiger partial charge in [-0.2, -0.15) is 13.2 Å². The quantitative estimate of drug-likeness (QED) is 0.185. The monoisotopic (exact) mass is 617 g/mol. The molecule has 0 atom stereocenters. The van der Waals surface area contributed by atoms with E-state index >= 15 is 0 Å². The Morgan fingerprint density at radius 1 is 0.587 bits per heavy atom. The minimum atomic E-state index is -4.43. The number of anilines is 3. The standard InChI is InChI=1S/C39H35BF3NO2/c1-37(2,3)25-14-18-32-30(20-25)40-31-21-26(38(4,5)6)15-19-34(31)46-35-23-29(45-28-10-8-7-9-11-28)22-33(36(35)40)44(32)27-16-12-24(13-17-27)39(41,42)43/h7-23H,1-6H3. The summed E-state index contributed by atoms with van der Waals surface area (Å²) in [4.78, 5) is 2.04. The van der Waals surface area contributed by atoms with Crippen molar-refractivity contribution in [3.63, 3.8) is 0 Å². The molecule has 2 heterocycles. The van der Waals surface area contributed by atoms with Crippen LogP contribution in [0.2, 0.25) is 0 Å². The van der Waals surface area contributed by atoms with Crippen LogP contribution in [0.25, 0.3) is 0 Å². The highest BCUT2D eigenvalue weighted by Crippen LogP contribution is 2.45. The zero-order valence-corrected chi connectivity index (χ0v) is 26.8. The van der Waals surface area contributed by atoms with Crippen LogP contribution in [0.4, 0.5) is 30.2 Å². The zero-order valence-electron chi connectivity index (χ0n) is 26.8. The number of nitrogens with zero attached hydrogens (tertiary/aromatic N) is 1. The van der Waals surface area contributed by atoms with Crippen molar-refractivity contribution in [2.24, 2.45) is 0 Å². The molecule has 0 unspecified atom stereocenters. The van der Waals surface area contributed by atoms with Crippen molar-refractivity contribution in [3.05, 3.63) is 120 Å². The first-order chi connectivity index (χ1) is 21.7. The van der Waals surface area contributed by atoms with E-state index in [1.807, 2.05) is 47.4 Å². The normalized spacial score (nSPS) is 13.8. The maximum Gasteiger partial charge on any atom is 0.416 e. The van der Waals surface area contributed by atoms with Crippen LogP contribution in [0.3, 0.4) is 0 Å². The van der Waals surface area contributed by atoms with Crippen LogP contribution < -0.4 is 30.8 Å². The van der Waals surface area contributed by atoms with E-state index < -0.39 is 11.7 Å². The number of alkyl halides is 3. The highest BCUT2D eigenvalue weighted by Gasteiger charge is 2.43.